The van der Waals surface area contributed by atoms with Crippen molar-refractivity contribution in [1.29, 1.82) is 0 Å². The normalized spacial score (nSPS) is 51.1. The summed E-state index contributed by atoms with van der Waals surface area (Å²) in [4.78, 5) is 0. The van der Waals surface area contributed by atoms with Crippen LogP contribution >= 0.6 is 0 Å². The molecule has 5 aliphatic rings. The fourth-order valence-corrected chi connectivity index (χ4v) is 7.46. The number of hydrogen-bond donors (Lipinski definition) is 2. The Bertz CT molecular complexity index is 690. The average Bonchev–Trinajstić information content (AvgIpc) is 3.22. The van der Waals surface area contributed by atoms with Crippen molar-refractivity contribution in [2.45, 2.75) is 77.3 Å². The molecular formula is C23H34O4. The first-order valence-electron chi connectivity index (χ1n) is 10.8. The van der Waals surface area contributed by atoms with Crippen molar-refractivity contribution in [3.63, 3.8) is 0 Å². The standard InChI is InChI=1S/C23H34O4/c1-21-9-8-15(24)12-14(21)4-5-16-17-6-7-19(23(3)26-10-11-27-23)22(17,2)20(25)13-18(16)21/h4,6,15-16,18-20,24-25H,5,7-13H2,1-3H3. The average molecular weight is 375 g/mol. The summed E-state index contributed by atoms with van der Waals surface area (Å²) < 4.78 is 12.1. The Morgan fingerprint density at radius 3 is 2.52 bits per heavy atom. The van der Waals surface area contributed by atoms with Gasteiger partial charge < -0.3 is 19.7 Å². The third-order valence-electron chi connectivity index (χ3n) is 9.09. The van der Waals surface area contributed by atoms with Gasteiger partial charge in [-0.2, -0.15) is 0 Å². The molecule has 1 aliphatic heterocycles. The minimum atomic E-state index is -0.588. The van der Waals surface area contributed by atoms with Crippen molar-refractivity contribution in [2.75, 3.05) is 13.2 Å². The van der Waals surface area contributed by atoms with Gasteiger partial charge in [0.05, 0.1) is 25.4 Å². The van der Waals surface area contributed by atoms with Crippen LogP contribution in [-0.4, -0.2) is 41.4 Å². The minimum absolute atomic E-state index is 0.119. The number of ether oxygens (including phenoxy) is 2. The highest BCUT2D eigenvalue weighted by Gasteiger charge is 2.63. The van der Waals surface area contributed by atoms with Gasteiger partial charge >= 0.3 is 0 Å². The highest BCUT2D eigenvalue weighted by molar-refractivity contribution is 5.37. The lowest BCUT2D eigenvalue weighted by atomic mass is 9.47. The van der Waals surface area contributed by atoms with Crippen LogP contribution in [0.25, 0.3) is 0 Å². The molecular weight excluding hydrogens is 340 g/mol. The van der Waals surface area contributed by atoms with Crippen LogP contribution in [0.15, 0.2) is 23.3 Å². The fourth-order valence-electron chi connectivity index (χ4n) is 7.46. The lowest BCUT2D eigenvalue weighted by Gasteiger charge is -2.58. The lowest BCUT2D eigenvalue weighted by molar-refractivity contribution is -0.218. The number of aliphatic hydroxyl groups excluding tert-OH is 2. The van der Waals surface area contributed by atoms with Crippen LogP contribution in [0.3, 0.4) is 0 Å². The van der Waals surface area contributed by atoms with E-state index in [4.69, 9.17) is 9.47 Å². The summed E-state index contributed by atoms with van der Waals surface area (Å²) in [6, 6.07) is 0. The van der Waals surface area contributed by atoms with Crippen molar-refractivity contribution in [3.05, 3.63) is 23.3 Å². The van der Waals surface area contributed by atoms with Crippen LogP contribution in [0.4, 0.5) is 0 Å². The maximum atomic E-state index is 11.5. The Hall–Kier alpha value is -0.680. The smallest absolute Gasteiger partial charge is 0.169 e. The van der Waals surface area contributed by atoms with Gasteiger partial charge in [0.2, 0.25) is 0 Å². The first-order chi connectivity index (χ1) is 12.8. The maximum Gasteiger partial charge on any atom is 0.169 e. The largest absolute Gasteiger partial charge is 0.393 e. The molecule has 0 amide bonds. The van der Waals surface area contributed by atoms with Gasteiger partial charge in [-0.25, -0.2) is 0 Å². The fraction of sp³-hybridized carbons (Fsp3) is 0.826. The molecule has 0 bridgehead atoms. The van der Waals surface area contributed by atoms with E-state index in [2.05, 4.69) is 32.9 Å². The van der Waals surface area contributed by atoms with E-state index in [1.165, 1.54) is 11.1 Å². The van der Waals surface area contributed by atoms with Crippen molar-refractivity contribution in [2.24, 2.45) is 28.6 Å². The second kappa shape index (κ2) is 5.91. The van der Waals surface area contributed by atoms with Gasteiger partial charge in [-0.3, -0.25) is 0 Å². The molecule has 2 N–H and O–H groups in total. The van der Waals surface area contributed by atoms with E-state index in [1.807, 2.05) is 0 Å². The summed E-state index contributed by atoms with van der Waals surface area (Å²) in [5.74, 6) is 0.550. The van der Waals surface area contributed by atoms with Crippen LogP contribution < -0.4 is 0 Å². The number of hydrogen-bond acceptors (Lipinski definition) is 4. The highest BCUT2D eigenvalue weighted by atomic mass is 16.7. The molecule has 2 saturated carbocycles. The summed E-state index contributed by atoms with van der Waals surface area (Å²) in [5.41, 5.74) is 2.73. The van der Waals surface area contributed by atoms with Crippen LogP contribution in [0.2, 0.25) is 0 Å². The summed E-state index contributed by atoms with van der Waals surface area (Å²) in [5, 5.41) is 21.6. The van der Waals surface area contributed by atoms with E-state index < -0.39 is 5.79 Å². The minimum Gasteiger partial charge on any atom is -0.393 e. The molecule has 0 aromatic heterocycles. The molecule has 1 heterocycles. The quantitative estimate of drug-likeness (QED) is 0.689. The molecule has 150 valence electrons. The Morgan fingerprint density at radius 2 is 1.78 bits per heavy atom. The third-order valence-corrected chi connectivity index (χ3v) is 9.09. The third kappa shape index (κ3) is 2.36. The predicted molar refractivity (Wildman–Crippen MR) is 103 cm³/mol. The van der Waals surface area contributed by atoms with Gasteiger partial charge in [0, 0.05) is 11.3 Å². The molecule has 0 aromatic rings. The number of fused-ring (bicyclic) bond motifs is 5. The van der Waals surface area contributed by atoms with E-state index in [9.17, 15) is 10.2 Å². The van der Waals surface area contributed by atoms with Gasteiger partial charge in [0.1, 0.15) is 0 Å². The maximum absolute atomic E-state index is 11.5. The second-order valence-corrected chi connectivity index (χ2v) is 10.2. The van der Waals surface area contributed by atoms with Gasteiger partial charge in [0.25, 0.3) is 0 Å². The molecule has 4 aliphatic carbocycles. The van der Waals surface area contributed by atoms with Crippen molar-refractivity contribution in [1.82, 2.24) is 0 Å². The van der Waals surface area contributed by atoms with E-state index in [0.717, 1.165) is 38.5 Å². The van der Waals surface area contributed by atoms with Crippen LogP contribution in [0, 0.1) is 28.6 Å². The summed E-state index contributed by atoms with van der Waals surface area (Å²) in [6.45, 7) is 7.99. The molecule has 0 spiro atoms. The Balaban J connectivity index is 1.51. The monoisotopic (exact) mass is 374 g/mol. The van der Waals surface area contributed by atoms with Gasteiger partial charge in [-0.15, -0.1) is 0 Å². The molecule has 3 fully saturated rings. The van der Waals surface area contributed by atoms with Gasteiger partial charge in [0.15, 0.2) is 5.79 Å². The molecule has 4 heteroatoms. The molecule has 0 radical (unpaired) electrons. The number of aliphatic hydroxyl groups is 2. The zero-order valence-corrected chi connectivity index (χ0v) is 16.9. The Labute approximate surface area is 162 Å². The zero-order chi connectivity index (χ0) is 19.0. The first-order valence-corrected chi connectivity index (χ1v) is 10.8. The van der Waals surface area contributed by atoms with Crippen molar-refractivity contribution >= 4 is 0 Å². The molecule has 1 saturated heterocycles. The Kier molecular flexibility index (Phi) is 4.02. The van der Waals surface area contributed by atoms with Crippen LogP contribution in [0.5, 0.6) is 0 Å². The first kappa shape index (κ1) is 18.4. The molecule has 0 aromatic carbocycles. The van der Waals surface area contributed by atoms with Crippen molar-refractivity contribution < 1.29 is 19.7 Å². The van der Waals surface area contributed by atoms with Gasteiger partial charge in [-0.05, 0) is 62.7 Å². The molecule has 4 nitrogen and oxygen atoms in total. The topological polar surface area (TPSA) is 58.9 Å². The summed E-state index contributed by atoms with van der Waals surface area (Å²) in [6.07, 6.45) is 9.80. The SMILES string of the molecule is CC1(C2CC=C3C4CC=C5CC(O)CCC5(C)C4CC(O)C32C)OCCO1. The number of rotatable bonds is 1. The predicted octanol–water partition coefficient (Wildman–Crippen LogP) is 3.58. The van der Waals surface area contributed by atoms with Crippen molar-refractivity contribution in [3.8, 4) is 0 Å². The summed E-state index contributed by atoms with van der Waals surface area (Å²) in [7, 11) is 0. The summed E-state index contributed by atoms with van der Waals surface area (Å²) >= 11 is 0. The van der Waals surface area contributed by atoms with E-state index in [1.54, 1.807) is 0 Å². The van der Waals surface area contributed by atoms with E-state index in [0.29, 0.717) is 25.0 Å². The van der Waals surface area contributed by atoms with Crippen LogP contribution in [0.1, 0.15) is 59.3 Å². The van der Waals surface area contributed by atoms with E-state index >= 15 is 0 Å². The molecule has 27 heavy (non-hydrogen) atoms. The molecule has 7 atom stereocenters. The van der Waals surface area contributed by atoms with Crippen LogP contribution in [-0.2, 0) is 9.47 Å². The molecule has 7 unspecified atom stereocenters. The Morgan fingerprint density at radius 1 is 1.04 bits per heavy atom. The lowest BCUT2D eigenvalue weighted by Crippen LogP contribution is -2.57. The van der Waals surface area contributed by atoms with Gasteiger partial charge in [-0.1, -0.05) is 37.1 Å². The zero-order valence-electron chi connectivity index (χ0n) is 16.9. The highest BCUT2D eigenvalue weighted by Crippen LogP contribution is 2.66. The second-order valence-electron chi connectivity index (χ2n) is 10.2. The number of allylic oxidation sites excluding steroid dienone is 2. The van der Waals surface area contributed by atoms with E-state index in [-0.39, 0.29) is 29.0 Å². The molecule has 5 rings (SSSR count).